The van der Waals surface area contributed by atoms with Gasteiger partial charge in [-0.05, 0) is 17.7 Å². The van der Waals surface area contributed by atoms with Crippen LogP contribution in [0.2, 0.25) is 0 Å². The van der Waals surface area contributed by atoms with Gasteiger partial charge in [-0.15, -0.1) is 0 Å². The Balaban J connectivity index is 1.84. The van der Waals surface area contributed by atoms with Crippen molar-refractivity contribution in [3.63, 3.8) is 0 Å². The molecular weight excluding hydrogens is 270 g/mol. The second-order valence-corrected chi connectivity index (χ2v) is 4.63. The van der Waals surface area contributed by atoms with Crippen LogP contribution in [0.5, 0.6) is 0 Å². The number of nitriles is 1. The van der Waals surface area contributed by atoms with E-state index < -0.39 is 7.41 Å². The minimum absolute atomic E-state index is 0.263. The Morgan fingerprint density at radius 1 is 1.24 bits per heavy atom. The average Bonchev–Trinajstić information content (AvgIpc) is 2.50. The van der Waals surface area contributed by atoms with E-state index in [0.717, 1.165) is 5.56 Å². The van der Waals surface area contributed by atoms with Crippen LogP contribution >= 0.6 is 0 Å². The molecule has 0 unspecified atom stereocenters. The summed E-state index contributed by atoms with van der Waals surface area (Å²) in [6.07, 6.45) is 3.44. The van der Waals surface area contributed by atoms with Crippen LogP contribution < -0.4 is 15.3 Å². The zero-order valence-electron chi connectivity index (χ0n) is 11.5. The first-order valence-electron chi connectivity index (χ1n) is 6.60. The molecule has 2 rings (SSSR count). The maximum atomic E-state index is 12.7. The summed E-state index contributed by atoms with van der Waals surface area (Å²) < 4.78 is 14.5. The third kappa shape index (κ3) is 4.40. The first kappa shape index (κ1) is 14.7. The molecule has 2 aromatic rings. The summed E-state index contributed by atoms with van der Waals surface area (Å²) in [4.78, 5) is 11.9. The molecule has 1 amide bonds. The van der Waals surface area contributed by atoms with Gasteiger partial charge in [-0.25, -0.2) is 15.1 Å². The van der Waals surface area contributed by atoms with E-state index in [4.69, 9.17) is 5.26 Å². The molecule has 0 atom stereocenters. The van der Waals surface area contributed by atoms with Crippen LogP contribution in [-0.4, -0.2) is 13.3 Å². The van der Waals surface area contributed by atoms with Crippen molar-refractivity contribution in [2.45, 2.75) is 6.54 Å². The summed E-state index contributed by atoms with van der Waals surface area (Å²) in [5.74, 6) is 1.58. The summed E-state index contributed by atoms with van der Waals surface area (Å²) in [6.45, 7) is 0.402. The first-order chi connectivity index (χ1) is 10.2. The van der Waals surface area contributed by atoms with E-state index in [1.807, 2.05) is 0 Å². The number of amides is 1. The topological polar surface area (TPSA) is 68.8 Å². The lowest BCUT2D eigenvalue weighted by Gasteiger charge is -2.07. The lowest BCUT2D eigenvalue weighted by Crippen LogP contribution is -2.40. The predicted molar refractivity (Wildman–Crippen MR) is 76.9 cm³/mol. The number of nitrogens with zero attached hydrogens (tertiary/aromatic N) is 2. The van der Waals surface area contributed by atoms with E-state index in [-0.39, 0.29) is 11.7 Å². The van der Waals surface area contributed by atoms with Crippen LogP contribution in [0.1, 0.15) is 15.9 Å². The second-order valence-electron chi connectivity index (χ2n) is 4.63. The Morgan fingerprint density at radius 3 is 2.52 bits per heavy atom. The second kappa shape index (κ2) is 7.17. The van der Waals surface area contributed by atoms with Crippen LogP contribution in [0.15, 0.2) is 48.8 Å². The van der Waals surface area contributed by atoms with Crippen molar-refractivity contribution < 1.29 is 13.7 Å². The Morgan fingerprint density at radius 2 is 1.90 bits per heavy atom. The highest BCUT2D eigenvalue weighted by atomic mass is 19.1. The van der Waals surface area contributed by atoms with Crippen LogP contribution in [0.3, 0.4) is 0 Å². The summed E-state index contributed by atoms with van der Waals surface area (Å²) in [5, 5.41) is 8.61. The van der Waals surface area contributed by atoms with Crippen molar-refractivity contribution in [2.75, 3.05) is 0 Å². The van der Waals surface area contributed by atoms with Gasteiger partial charge in [0.25, 0.3) is 5.91 Å². The molecule has 1 heterocycles. The summed E-state index contributed by atoms with van der Waals surface area (Å²) >= 11 is 0. The molecule has 5 nitrogen and oxygen atoms in total. The van der Waals surface area contributed by atoms with Crippen molar-refractivity contribution in [1.82, 2.24) is 10.9 Å². The van der Waals surface area contributed by atoms with E-state index >= 15 is 0 Å². The number of pyridine rings is 1. The highest BCUT2D eigenvalue weighted by Crippen LogP contribution is 2.01. The van der Waals surface area contributed by atoms with Gasteiger partial charge in [0.15, 0.2) is 0 Å². The number of rotatable bonds is 5. The molecule has 0 aliphatic carbocycles. The van der Waals surface area contributed by atoms with Crippen LogP contribution in [0.25, 0.3) is 0 Å². The number of aromatic nitrogens is 1. The molecule has 1 aromatic carbocycles. The SMILES string of the molecule is N#C[BH2-][n+]1ccc(C(=O)NNCc2ccc(F)cc2)cc1. The molecule has 0 fully saturated rings. The van der Waals surface area contributed by atoms with Gasteiger partial charge in [0.05, 0.1) is 5.56 Å². The number of halogens is 1. The van der Waals surface area contributed by atoms with Gasteiger partial charge in [0, 0.05) is 18.7 Å². The Labute approximate surface area is 122 Å². The third-order valence-corrected chi connectivity index (χ3v) is 3.01. The number of carbonyl (C=O) groups excluding carboxylic acids is 1. The maximum Gasteiger partial charge on any atom is 0.349 e. The molecule has 0 bridgehead atoms. The zero-order valence-corrected chi connectivity index (χ0v) is 11.5. The lowest BCUT2D eigenvalue weighted by molar-refractivity contribution is -0.527. The molecule has 106 valence electrons. The van der Waals surface area contributed by atoms with Gasteiger partial charge in [-0.2, -0.15) is 0 Å². The van der Waals surface area contributed by atoms with Gasteiger partial charge in [0.2, 0.25) is 0 Å². The summed E-state index contributed by atoms with van der Waals surface area (Å²) in [7, 11) is -0.832. The number of hydrogen-bond acceptors (Lipinski definition) is 3. The molecule has 21 heavy (non-hydrogen) atoms. The Bertz CT molecular complexity index is 652. The highest BCUT2D eigenvalue weighted by Gasteiger charge is 2.05. The van der Waals surface area contributed by atoms with Gasteiger partial charge in [-0.3, -0.25) is 10.2 Å². The van der Waals surface area contributed by atoms with Crippen molar-refractivity contribution in [2.24, 2.45) is 0 Å². The van der Waals surface area contributed by atoms with Gasteiger partial charge in [-0.1, -0.05) is 18.1 Å². The monoisotopic (exact) mass is 284 g/mol. The molecule has 0 spiro atoms. The molecule has 0 saturated heterocycles. The van der Waals surface area contributed by atoms with Crippen molar-refractivity contribution >= 4 is 13.3 Å². The molecule has 0 radical (unpaired) electrons. The highest BCUT2D eigenvalue weighted by molar-refractivity contribution is 6.35. The Kier molecular flexibility index (Phi) is 5.02. The number of hydrogen-bond donors (Lipinski definition) is 2. The van der Waals surface area contributed by atoms with Crippen LogP contribution in [0.4, 0.5) is 4.39 Å². The van der Waals surface area contributed by atoms with Crippen LogP contribution in [-0.2, 0) is 6.54 Å². The zero-order chi connectivity index (χ0) is 15.1. The number of benzene rings is 1. The number of carbonyl (C=O) groups is 1. The minimum Gasteiger partial charge on any atom is -0.420 e. The standard InChI is InChI=1S/C14H14BFN4O/c16-13-3-1-11(2-4-13)9-18-19-14(21)12-5-7-20(8-6-12)15-10-17/h1-8,18H,9,15H2,(H,19,21). The molecule has 2 N–H and O–H groups in total. The predicted octanol–water partition coefficient (Wildman–Crippen LogP) is -0.0392. The molecule has 1 aromatic heterocycles. The number of nitrogens with one attached hydrogen (secondary N) is 2. The third-order valence-electron chi connectivity index (χ3n) is 3.01. The largest absolute Gasteiger partial charge is 0.420 e. The van der Waals surface area contributed by atoms with E-state index in [1.165, 1.54) is 12.1 Å². The fourth-order valence-corrected chi connectivity index (χ4v) is 1.82. The quantitative estimate of drug-likeness (QED) is 0.598. The fourth-order valence-electron chi connectivity index (χ4n) is 1.82. The van der Waals surface area contributed by atoms with Crippen molar-refractivity contribution in [1.29, 1.82) is 5.26 Å². The molecular formula is C14H14BFN4O. The smallest absolute Gasteiger partial charge is 0.349 e. The Hall–Kier alpha value is -2.72. The molecule has 0 saturated carbocycles. The van der Waals surface area contributed by atoms with Crippen molar-refractivity contribution in [3.8, 4) is 5.97 Å². The van der Waals surface area contributed by atoms with Gasteiger partial charge >= 0.3 is 7.41 Å². The van der Waals surface area contributed by atoms with E-state index in [0.29, 0.717) is 12.1 Å². The molecule has 7 heteroatoms. The fraction of sp³-hybridized carbons (Fsp3) is 0.0714. The van der Waals surface area contributed by atoms with Crippen molar-refractivity contribution in [3.05, 3.63) is 65.7 Å². The maximum absolute atomic E-state index is 12.7. The van der Waals surface area contributed by atoms with Gasteiger partial charge in [0.1, 0.15) is 18.2 Å². The van der Waals surface area contributed by atoms with E-state index in [1.54, 1.807) is 41.1 Å². The average molecular weight is 284 g/mol. The number of hydrazine groups is 1. The van der Waals surface area contributed by atoms with Crippen LogP contribution in [0, 0.1) is 17.0 Å². The summed E-state index contributed by atoms with van der Waals surface area (Å²) in [5.41, 5.74) is 6.72. The molecule has 0 aliphatic rings. The minimum atomic E-state index is -0.832. The summed E-state index contributed by atoms with van der Waals surface area (Å²) in [6, 6.07) is 9.35. The van der Waals surface area contributed by atoms with Gasteiger partial charge < -0.3 is 4.48 Å². The molecule has 0 aliphatic heterocycles. The van der Waals surface area contributed by atoms with E-state index in [2.05, 4.69) is 16.8 Å². The first-order valence-corrected chi connectivity index (χ1v) is 6.60. The normalized spacial score (nSPS) is 9.90. The lowest BCUT2D eigenvalue weighted by atomic mass is 9.98. The van der Waals surface area contributed by atoms with E-state index in [9.17, 15) is 9.18 Å².